The SMILES string of the molecule is Cc1cc(OC(C)C)nc(NCc2ccc(F)c(F)c2)n1. The Kier molecular flexibility index (Phi) is 4.67. The van der Waals surface area contributed by atoms with Crippen LogP contribution in [0.4, 0.5) is 14.7 Å². The number of benzene rings is 1. The molecule has 1 aromatic heterocycles. The summed E-state index contributed by atoms with van der Waals surface area (Å²) in [6.07, 6.45) is 0.0124. The molecule has 0 atom stereocenters. The minimum atomic E-state index is -0.872. The number of anilines is 1. The number of ether oxygens (including phenoxy) is 1. The molecule has 0 amide bonds. The van der Waals surface area contributed by atoms with Gasteiger partial charge < -0.3 is 10.1 Å². The number of halogens is 2. The summed E-state index contributed by atoms with van der Waals surface area (Å²) in [5.41, 5.74) is 1.36. The first kappa shape index (κ1) is 15.2. The molecule has 0 aliphatic rings. The van der Waals surface area contributed by atoms with Crippen molar-refractivity contribution in [2.45, 2.75) is 33.4 Å². The van der Waals surface area contributed by atoms with Crippen LogP contribution in [0.15, 0.2) is 24.3 Å². The largest absolute Gasteiger partial charge is 0.475 e. The maximum absolute atomic E-state index is 13.1. The molecular formula is C15H17F2N3O. The monoisotopic (exact) mass is 293 g/mol. The van der Waals surface area contributed by atoms with Crippen molar-refractivity contribution >= 4 is 5.95 Å². The molecule has 0 saturated carbocycles. The van der Waals surface area contributed by atoms with E-state index >= 15 is 0 Å². The van der Waals surface area contributed by atoms with Crippen LogP contribution in [0.5, 0.6) is 5.88 Å². The highest BCUT2D eigenvalue weighted by Crippen LogP contribution is 2.15. The number of hydrogen-bond donors (Lipinski definition) is 1. The van der Waals surface area contributed by atoms with Gasteiger partial charge in [0, 0.05) is 18.3 Å². The molecular weight excluding hydrogens is 276 g/mol. The summed E-state index contributed by atoms with van der Waals surface area (Å²) < 4.78 is 31.5. The fourth-order valence-corrected chi connectivity index (χ4v) is 1.75. The van der Waals surface area contributed by atoms with Crippen molar-refractivity contribution < 1.29 is 13.5 Å². The van der Waals surface area contributed by atoms with E-state index in [2.05, 4.69) is 15.3 Å². The van der Waals surface area contributed by atoms with Crippen molar-refractivity contribution in [2.24, 2.45) is 0 Å². The lowest BCUT2D eigenvalue weighted by Gasteiger charge is -2.11. The summed E-state index contributed by atoms with van der Waals surface area (Å²) in [6, 6.07) is 5.48. The molecule has 0 radical (unpaired) electrons. The Labute approximate surface area is 122 Å². The Balaban J connectivity index is 2.08. The number of aromatic nitrogens is 2. The number of rotatable bonds is 5. The van der Waals surface area contributed by atoms with Crippen LogP contribution in [0.2, 0.25) is 0 Å². The number of aryl methyl sites for hydroxylation is 1. The van der Waals surface area contributed by atoms with Crippen LogP contribution in [0, 0.1) is 18.6 Å². The molecule has 0 unspecified atom stereocenters. The average Bonchev–Trinajstić information content (AvgIpc) is 2.39. The van der Waals surface area contributed by atoms with Gasteiger partial charge in [-0.1, -0.05) is 6.07 Å². The van der Waals surface area contributed by atoms with Crippen molar-refractivity contribution in [3.63, 3.8) is 0 Å². The maximum atomic E-state index is 13.1. The highest BCUT2D eigenvalue weighted by atomic mass is 19.2. The van der Waals surface area contributed by atoms with Crippen LogP contribution in [0.3, 0.4) is 0 Å². The van der Waals surface area contributed by atoms with E-state index in [1.807, 2.05) is 20.8 Å². The molecule has 4 nitrogen and oxygen atoms in total. The van der Waals surface area contributed by atoms with Gasteiger partial charge in [0.15, 0.2) is 11.6 Å². The molecule has 21 heavy (non-hydrogen) atoms. The van der Waals surface area contributed by atoms with Crippen LogP contribution < -0.4 is 10.1 Å². The average molecular weight is 293 g/mol. The van der Waals surface area contributed by atoms with E-state index in [4.69, 9.17) is 4.74 Å². The van der Waals surface area contributed by atoms with E-state index in [9.17, 15) is 8.78 Å². The molecule has 2 rings (SSSR count). The highest BCUT2D eigenvalue weighted by Gasteiger charge is 2.06. The van der Waals surface area contributed by atoms with Crippen molar-refractivity contribution in [2.75, 3.05) is 5.32 Å². The molecule has 0 spiro atoms. The molecule has 0 aliphatic carbocycles. The fraction of sp³-hybridized carbons (Fsp3) is 0.333. The second-order valence-corrected chi connectivity index (χ2v) is 4.94. The lowest BCUT2D eigenvalue weighted by molar-refractivity contribution is 0.232. The van der Waals surface area contributed by atoms with Gasteiger partial charge in [0.2, 0.25) is 11.8 Å². The predicted octanol–water partition coefficient (Wildman–Crippen LogP) is 3.46. The van der Waals surface area contributed by atoms with Gasteiger partial charge in [-0.15, -0.1) is 0 Å². The summed E-state index contributed by atoms with van der Waals surface area (Å²) in [6.45, 7) is 5.94. The Hall–Kier alpha value is -2.24. The molecule has 112 valence electrons. The molecule has 0 saturated heterocycles. The van der Waals surface area contributed by atoms with Gasteiger partial charge in [-0.05, 0) is 38.5 Å². The van der Waals surface area contributed by atoms with Crippen LogP contribution in [-0.4, -0.2) is 16.1 Å². The lowest BCUT2D eigenvalue weighted by atomic mass is 10.2. The summed E-state index contributed by atoms with van der Waals surface area (Å²) in [4.78, 5) is 8.44. The Morgan fingerprint density at radius 1 is 1.14 bits per heavy atom. The third kappa shape index (κ3) is 4.37. The summed E-state index contributed by atoms with van der Waals surface area (Å²) in [5, 5.41) is 2.97. The smallest absolute Gasteiger partial charge is 0.226 e. The number of nitrogens with one attached hydrogen (secondary N) is 1. The maximum Gasteiger partial charge on any atom is 0.226 e. The van der Waals surface area contributed by atoms with Gasteiger partial charge in [-0.25, -0.2) is 13.8 Å². The third-order valence-electron chi connectivity index (χ3n) is 2.62. The van der Waals surface area contributed by atoms with Crippen LogP contribution >= 0.6 is 0 Å². The van der Waals surface area contributed by atoms with Crippen molar-refractivity contribution in [3.8, 4) is 5.88 Å². The zero-order valence-electron chi connectivity index (χ0n) is 12.2. The van der Waals surface area contributed by atoms with Gasteiger partial charge >= 0.3 is 0 Å². The lowest BCUT2D eigenvalue weighted by Crippen LogP contribution is -2.10. The second-order valence-electron chi connectivity index (χ2n) is 4.94. The third-order valence-corrected chi connectivity index (χ3v) is 2.62. The summed E-state index contributed by atoms with van der Waals surface area (Å²) in [7, 11) is 0. The minimum Gasteiger partial charge on any atom is -0.475 e. The number of nitrogens with zero attached hydrogens (tertiary/aromatic N) is 2. The molecule has 1 aromatic carbocycles. The first-order chi connectivity index (χ1) is 9.94. The van der Waals surface area contributed by atoms with Gasteiger partial charge in [0.05, 0.1) is 6.10 Å². The van der Waals surface area contributed by atoms with E-state index in [0.717, 1.165) is 17.8 Å². The molecule has 1 N–H and O–H groups in total. The standard InChI is InChI=1S/C15H17F2N3O/c1-9(2)21-14-6-10(3)19-15(20-14)18-8-11-4-5-12(16)13(17)7-11/h4-7,9H,8H2,1-3H3,(H,18,19,20). The molecule has 0 fully saturated rings. The summed E-state index contributed by atoms with van der Waals surface area (Å²) >= 11 is 0. The van der Waals surface area contributed by atoms with E-state index in [-0.39, 0.29) is 6.10 Å². The predicted molar refractivity (Wildman–Crippen MR) is 76.2 cm³/mol. The topological polar surface area (TPSA) is 47.0 Å². The van der Waals surface area contributed by atoms with E-state index in [1.165, 1.54) is 6.07 Å². The molecule has 1 heterocycles. The summed E-state index contributed by atoms with van der Waals surface area (Å²) in [5.74, 6) is -0.873. The van der Waals surface area contributed by atoms with Gasteiger partial charge in [0.25, 0.3) is 0 Å². The van der Waals surface area contributed by atoms with Gasteiger partial charge in [-0.2, -0.15) is 4.98 Å². The van der Waals surface area contributed by atoms with Crippen LogP contribution in [0.1, 0.15) is 25.1 Å². The first-order valence-electron chi connectivity index (χ1n) is 6.64. The molecule has 0 aliphatic heterocycles. The molecule has 2 aromatic rings. The van der Waals surface area contributed by atoms with Crippen molar-refractivity contribution in [3.05, 3.63) is 47.2 Å². The fourth-order valence-electron chi connectivity index (χ4n) is 1.75. The van der Waals surface area contributed by atoms with Gasteiger partial charge in [0.1, 0.15) is 0 Å². The van der Waals surface area contributed by atoms with Gasteiger partial charge in [-0.3, -0.25) is 0 Å². The Morgan fingerprint density at radius 2 is 1.90 bits per heavy atom. The van der Waals surface area contributed by atoms with Crippen molar-refractivity contribution in [1.29, 1.82) is 0 Å². The zero-order chi connectivity index (χ0) is 15.4. The van der Waals surface area contributed by atoms with Crippen molar-refractivity contribution in [1.82, 2.24) is 9.97 Å². The van der Waals surface area contributed by atoms with E-state index in [0.29, 0.717) is 23.9 Å². The Bertz CT molecular complexity index is 632. The zero-order valence-corrected chi connectivity index (χ0v) is 12.2. The minimum absolute atomic E-state index is 0.0124. The van der Waals surface area contributed by atoms with E-state index < -0.39 is 11.6 Å². The molecule has 0 bridgehead atoms. The second kappa shape index (κ2) is 6.47. The van der Waals surface area contributed by atoms with Crippen LogP contribution in [-0.2, 0) is 6.54 Å². The van der Waals surface area contributed by atoms with E-state index in [1.54, 1.807) is 6.07 Å². The number of hydrogen-bond acceptors (Lipinski definition) is 4. The quantitative estimate of drug-likeness (QED) is 0.917. The Morgan fingerprint density at radius 3 is 2.57 bits per heavy atom. The normalized spacial score (nSPS) is 10.8. The highest BCUT2D eigenvalue weighted by molar-refractivity contribution is 5.32. The first-order valence-corrected chi connectivity index (χ1v) is 6.64. The molecule has 6 heteroatoms. The van der Waals surface area contributed by atoms with Crippen LogP contribution in [0.25, 0.3) is 0 Å².